The molecule has 0 aromatic rings. The van der Waals surface area contributed by atoms with Crippen molar-refractivity contribution < 1.29 is 9.53 Å². The highest BCUT2D eigenvalue weighted by molar-refractivity contribution is 5.93. The fraction of sp³-hybridized carbons (Fsp3) is 0.727. The largest absolute Gasteiger partial charge is 0.379 e. The second-order valence-electron chi connectivity index (χ2n) is 4.62. The van der Waals surface area contributed by atoms with Crippen LogP contribution in [0.15, 0.2) is 0 Å². The Bertz CT molecular complexity index is 249. The van der Waals surface area contributed by atoms with Gasteiger partial charge in [-0.1, -0.05) is 0 Å². The van der Waals surface area contributed by atoms with Crippen LogP contribution in [0.3, 0.4) is 0 Å². The summed E-state index contributed by atoms with van der Waals surface area (Å²) in [5.41, 5.74) is -0.631. The van der Waals surface area contributed by atoms with Crippen LogP contribution in [-0.2, 0) is 9.53 Å². The molecule has 0 unspecified atom stereocenters. The Morgan fingerprint density at radius 3 is 2.29 bits per heavy atom. The summed E-state index contributed by atoms with van der Waals surface area (Å²) in [6, 6.07) is 0. The Balaban J connectivity index is 4.35. The van der Waals surface area contributed by atoms with Gasteiger partial charge in [0.05, 0.1) is 5.60 Å². The monoisotopic (exact) mass is 197 g/mol. The molecular formula is C11H19NO2. The van der Waals surface area contributed by atoms with Crippen molar-refractivity contribution in [2.75, 3.05) is 7.11 Å². The lowest BCUT2D eigenvalue weighted by Crippen LogP contribution is -2.47. The molecular weight excluding hydrogens is 178 g/mol. The third-order valence-corrected chi connectivity index (χ3v) is 2.00. The third kappa shape index (κ3) is 4.88. The summed E-state index contributed by atoms with van der Waals surface area (Å²) in [6.45, 7) is 7.78. The summed E-state index contributed by atoms with van der Waals surface area (Å²) in [4.78, 5) is 11.0. The van der Waals surface area contributed by atoms with E-state index < -0.39 is 0 Å². The summed E-state index contributed by atoms with van der Waals surface area (Å²) < 4.78 is 5.29. The number of ether oxygens (including phenoxy) is 1. The van der Waals surface area contributed by atoms with Crippen LogP contribution in [-0.4, -0.2) is 24.2 Å². The molecule has 0 fully saturated rings. The zero-order valence-corrected chi connectivity index (χ0v) is 9.60. The molecule has 3 nitrogen and oxygen atoms in total. The van der Waals surface area contributed by atoms with Crippen molar-refractivity contribution >= 4 is 5.91 Å². The average molecular weight is 197 g/mol. The molecule has 0 rings (SSSR count). The molecule has 0 spiro atoms. The lowest BCUT2D eigenvalue weighted by molar-refractivity contribution is -0.117. The first-order chi connectivity index (χ1) is 6.22. The number of hydrogen-bond acceptors (Lipinski definition) is 2. The Hall–Kier alpha value is -1.01. The van der Waals surface area contributed by atoms with Gasteiger partial charge < -0.3 is 10.1 Å². The molecule has 1 N–H and O–H groups in total. The average Bonchev–Trinajstić information content (AvgIpc) is 2.01. The van der Waals surface area contributed by atoms with Gasteiger partial charge in [-0.25, -0.2) is 0 Å². The number of carbonyl (C=O) groups is 1. The topological polar surface area (TPSA) is 38.3 Å². The molecule has 80 valence electrons. The van der Waals surface area contributed by atoms with Crippen LogP contribution in [0.1, 0.15) is 34.1 Å². The number of nitrogens with one attached hydrogen (secondary N) is 1. The first kappa shape index (κ1) is 13.0. The smallest absolute Gasteiger partial charge is 0.296 e. The van der Waals surface area contributed by atoms with E-state index in [0.717, 1.165) is 0 Å². The van der Waals surface area contributed by atoms with Crippen molar-refractivity contribution in [3.8, 4) is 12.3 Å². The maximum atomic E-state index is 11.0. The molecule has 3 heteroatoms. The van der Waals surface area contributed by atoms with Gasteiger partial charge in [0.25, 0.3) is 5.91 Å². The number of terminal acetylenes is 1. The summed E-state index contributed by atoms with van der Waals surface area (Å²) in [5, 5.41) is 2.74. The summed E-state index contributed by atoms with van der Waals surface area (Å²) in [7, 11) is 1.65. The predicted octanol–water partition coefficient (Wildman–Crippen LogP) is 1.33. The fourth-order valence-electron chi connectivity index (χ4n) is 1.52. The fourth-order valence-corrected chi connectivity index (χ4v) is 1.52. The van der Waals surface area contributed by atoms with Crippen LogP contribution < -0.4 is 5.32 Å². The summed E-state index contributed by atoms with van der Waals surface area (Å²) >= 11 is 0. The minimum absolute atomic E-state index is 0.272. The van der Waals surface area contributed by atoms with E-state index in [2.05, 4.69) is 5.32 Å². The molecule has 0 aliphatic rings. The van der Waals surface area contributed by atoms with Gasteiger partial charge >= 0.3 is 0 Å². The SMILES string of the molecule is C#CC(=O)NC(C)(C)CC(C)(C)OC. The van der Waals surface area contributed by atoms with Crippen molar-refractivity contribution in [1.29, 1.82) is 0 Å². The maximum Gasteiger partial charge on any atom is 0.296 e. The first-order valence-electron chi connectivity index (χ1n) is 4.56. The van der Waals surface area contributed by atoms with Crippen molar-refractivity contribution in [3.63, 3.8) is 0 Å². The molecule has 0 aromatic carbocycles. The highest BCUT2D eigenvalue weighted by Gasteiger charge is 2.29. The van der Waals surface area contributed by atoms with Gasteiger partial charge in [0.15, 0.2) is 0 Å². The Morgan fingerprint density at radius 1 is 1.43 bits per heavy atom. The minimum Gasteiger partial charge on any atom is -0.379 e. The van der Waals surface area contributed by atoms with Gasteiger partial charge in [-0.3, -0.25) is 4.79 Å². The van der Waals surface area contributed by atoms with Crippen LogP contribution in [0.4, 0.5) is 0 Å². The third-order valence-electron chi connectivity index (χ3n) is 2.00. The molecule has 0 saturated carbocycles. The van der Waals surface area contributed by atoms with Gasteiger partial charge in [0, 0.05) is 12.6 Å². The van der Waals surface area contributed by atoms with Crippen LogP contribution >= 0.6 is 0 Å². The Kier molecular flexibility index (Phi) is 4.15. The van der Waals surface area contributed by atoms with E-state index in [-0.39, 0.29) is 17.0 Å². The van der Waals surface area contributed by atoms with Gasteiger partial charge in [-0.2, -0.15) is 0 Å². The van der Waals surface area contributed by atoms with Crippen molar-refractivity contribution in [2.24, 2.45) is 0 Å². The van der Waals surface area contributed by atoms with Gasteiger partial charge in [0.2, 0.25) is 0 Å². The van der Waals surface area contributed by atoms with Crippen LogP contribution in [0.25, 0.3) is 0 Å². The van der Waals surface area contributed by atoms with Crippen molar-refractivity contribution in [3.05, 3.63) is 0 Å². The Labute approximate surface area is 86.2 Å². The van der Waals surface area contributed by atoms with Gasteiger partial charge in [-0.15, -0.1) is 6.42 Å². The summed E-state index contributed by atoms with van der Waals surface area (Å²) in [6.07, 6.45) is 5.68. The van der Waals surface area contributed by atoms with E-state index >= 15 is 0 Å². The second-order valence-corrected chi connectivity index (χ2v) is 4.62. The molecule has 0 aromatic heterocycles. The molecule has 0 aliphatic carbocycles. The number of carbonyl (C=O) groups excluding carboxylic acids is 1. The molecule has 0 aliphatic heterocycles. The zero-order valence-electron chi connectivity index (χ0n) is 9.60. The van der Waals surface area contributed by atoms with Crippen LogP contribution in [0, 0.1) is 12.3 Å². The predicted molar refractivity (Wildman–Crippen MR) is 56.8 cm³/mol. The molecule has 0 radical (unpaired) electrons. The number of hydrogen-bond donors (Lipinski definition) is 1. The van der Waals surface area contributed by atoms with E-state index in [0.29, 0.717) is 6.42 Å². The van der Waals surface area contributed by atoms with Gasteiger partial charge in [-0.05, 0) is 40.0 Å². The lowest BCUT2D eigenvalue weighted by Gasteiger charge is -2.34. The van der Waals surface area contributed by atoms with Crippen molar-refractivity contribution in [2.45, 2.75) is 45.3 Å². The molecule has 0 saturated heterocycles. The standard InChI is InChI=1S/C11H19NO2/c1-7-9(13)12-10(2,3)8-11(4,5)14-6/h1H,8H2,2-6H3,(H,12,13). The molecule has 14 heavy (non-hydrogen) atoms. The molecule has 0 bridgehead atoms. The highest BCUT2D eigenvalue weighted by atomic mass is 16.5. The van der Waals surface area contributed by atoms with Crippen LogP contribution in [0.5, 0.6) is 0 Å². The molecule has 0 heterocycles. The number of methoxy groups -OCH3 is 1. The summed E-state index contributed by atoms with van der Waals surface area (Å²) in [5.74, 6) is 1.65. The quantitative estimate of drug-likeness (QED) is 0.690. The normalized spacial score (nSPS) is 12.0. The van der Waals surface area contributed by atoms with E-state index in [1.165, 1.54) is 0 Å². The lowest BCUT2D eigenvalue weighted by atomic mass is 9.89. The van der Waals surface area contributed by atoms with Gasteiger partial charge in [0.1, 0.15) is 0 Å². The molecule has 1 amide bonds. The van der Waals surface area contributed by atoms with E-state index in [1.54, 1.807) is 7.11 Å². The second kappa shape index (κ2) is 4.47. The van der Waals surface area contributed by atoms with E-state index in [4.69, 9.17) is 11.2 Å². The van der Waals surface area contributed by atoms with Crippen molar-refractivity contribution in [1.82, 2.24) is 5.32 Å². The number of rotatable bonds is 4. The minimum atomic E-state index is -0.387. The number of amides is 1. The Morgan fingerprint density at radius 2 is 1.93 bits per heavy atom. The van der Waals surface area contributed by atoms with Crippen LogP contribution in [0.2, 0.25) is 0 Å². The van der Waals surface area contributed by atoms with E-state index in [1.807, 2.05) is 33.6 Å². The molecule has 0 atom stereocenters. The zero-order chi connectivity index (χ0) is 11.4. The highest BCUT2D eigenvalue weighted by Crippen LogP contribution is 2.22. The first-order valence-corrected chi connectivity index (χ1v) is 4.56. The maximum absolute atomic E-state index is 11.0. The van der Waals surface area contributed by atoms with E-state index in [9.17, 15) is 4.79 Å².